The standard InChI is InChI=1S/C20H22Cl2N2O5S/c1-14(15-2-4-16(21)5-3-15)23-20(25)13-29-19-7-6-17(12-18(19)22)30(26,27)24-8-10-28-11-9-24/h2-7,12,14H,8-11,13H2,1H3,(H,23,25). The van der Waals surface area contributed by atoms with Crippen LogP contribution in [0, 0.1) is 0 Å². The van der Waals surface area contributed by atoms with Gasteiger partial charge in [0.25, 0.3) is 5.91 Å². The van der Waals surface area contributed by atoms with Crippen molar-refractivity contribution >= 4 is 39.1 Å². The number of carbonyl (C=O) groups excluding carboxylic acids is 1. The average Bonchev–Trinajstić information content (AvgIpc) is 2.73. The number of nitrogens with one attached hydrogen (secondary N) is 1. The van der Waals surface area contributed by atoms with Gasteiger partial charge >= 0.3 is 0 Å². The molecule has 1 aliphatic heterocycles. The molecular weight excluding hydrogens is 451 g/mol. The first kappa shape index (κ1) is 22.8. The maximum Gasteiger partial charge on any atom is 0.258 e. The van der Waals surface area contributed by atoms with E-state index in [1.807, 2.05) is 19.1 Å². The van der Waals surface area contributed by atoms with E-state index in [0.29, 0.717) is 31.3 Å². The summed E-state index contributed by atoms with van der Waals surface area (Å²) in [5.74, 6) is -0.106. The van der Waals surface area contributed by atoms with Crippen molar-refractivity contribution in [1.29, 1.82) is 0 Å². The summed E-state index contributed by atoms with van der Waals surface area (Å²) in [5, 5.41) is 3.55. The van der Waals surface area contributed by atoms with Crippen molar-refractivity contribution in [3.05, 3.63) is 58.1 Å². The number of halogens is 2. The molecule has 0 aromatic heterocycles. The van der Waals surface area contributed by atoms with E-state index in [4.69, 9.17) is 32.7 Å². The molecule has 3 rings (SSSR count). The predicted molar refractivity (Wildman–Crippen MR) is 115 cm³/mol. The van der Waals surface area contributed by atoms with Crippen LogP contribution in [0.1, 0.15) is 18.5 Å². The quantitative estimate of drug-likeness (QED) is 0.668. The van der Waals surface area contributed by atoms with Gasteiger partial charge in [-0.1, -0.05) is 35.3 Å². The summed E-state index contributed by atoms with van der Waals surface area (Å²) in [6.07, 6.45) is 0. The van der Waals surface area contributed by atoms with Gasteiger partial charge in [-0.05, 0) is 42.8 Å². The molecule has 10 heteroatoms. The molecule has 2 aromatic carbocycles. The van der Waals surface area contributed by atoms with E-state index in [1.165, 1.54) is 22.5 Å². The van der Waals surface area contributed by atoms with Crippen LogP contribution < -0.4 is 10.1 Å². The second-order valence-electron chi connectivity index (χ2n) is 6.74. The number of carbonyl (C=O) groups is 1. The van der Waals surface area contributed by atoms with Gasteiger partial charge < -0.3 is 14.8 Å². The zero-order valence-electron chi connectivity index (χ0n) is 16.3. The van der Waals surface area contributed by atoms with Gasteiger partial charge in [-0.3, -0.25) is 4.79 Å². The normalized spacial score (nSPS) is 16.1. The molecule has 1 saturated heterocycles. The first-order valence-corrected chi connectivity index (χ1v) is 11.5. The fourth-order valence-electron chi connectivity index (χ4n) is 2.96. The second kappa shape index (κ2) is 9.98. The number of hydrogen-bond donors (Lipinski definition) is 1. The summed E-state index contributed by atoms with van der Waals surface area (Å²) in [5.41, 5.74) is 0.906. The maximum absolute atomic E-state index is 12.7. The Morgan fingerprint density at radius 3 is 2.47 bits per heavy atom. The summed E-state index contributed by atoms with van der Waals surface area (Å²) in [6.45, 7) is 2.90. The monoisotopic (exact) mass is 472 g/mol. The number of benzene rings is 2. The van der Waals surface area contributed by atoms with E-state index in [9.17, 15) is 13.2 Å². The van der Waals surface area contributed by atoms with Crippen LogP contribution >= 0.6 is 23.2 Å². The predicted octanol–water partition coefficient (Wildman–Crippen LogP) is 3.27. The molecule has 0 radical (unpaired) electrons. The van der Waals surface area contributed by atoms with E-state index in [1.54, 1.807) is 12.1 Å². The fourth-order valence-corrected chi connectivity index (χ4v) is 4.82. The highest BCUT2D eigenvalue weighted by Gasteiger charge is 2.27. The molecule has 0 spiro atoms. The molecule has 1 atom stereocenters. The van der Waals surface area contributed by atoms with Crippen LogP contribution in [0.4, 0.5) is 0 Å². The molecule has 0 aliphatic carbocycles. The van der Waals surface area contributed by atoms with Crippen LogP contribution in [0.3, 0.4) is 0 Å². The molecular formula is C20H22Cl2N2O5S. The van der Waals surface area contributed by atoms with Crippen LogP contribution in [0.5, 0.6) is 5.75 Å². The van der Waals surface area contributed by atoms with Gasteiger partial charge in [0.05, 0.1) is 29.2 Å². The lowest BCUT2D eigenvalue weighted by molar-refractivity contribution is -0.123. The Kier molecular flexibility index (Phi) is 7.60. The molecule has 30 heavy (non-hydrogen) atoms. The number of rotatable bonds is 7. The first-order chi connectivity index (χ1) is 14.3. The van der Waals surface area contributed by atoms with Crippen LogP contribution in [0.2, 0.25) is 10.0 Å². The van der Waals surface area contributed by atoms with E-state index in [-0.39, 0.29) is 34.2 Å². The van der Waals surface area contributed by atoms with Crippen molar-refractivity contribution in [2.45, 2.75) is 17.9 Å². The molecule has 1 unspecified atom stereocenters. The lowest BCUT2D eigenvalue weighted by Gasteiger charge is -2.26. The van der Waals surface area contributed by atoms with Crippen molar-refractivity contribution in [2.75, 3.05) is 32.9 Å². The highest BCUT2D eigenvalue weighted by atomic mass is 35.5. The summed E-state index contributed by atoms with van der Waals surface area (Å²) in [7, 11) is -3.66. The van der Waals surface area contributed by atoms with Gasteiger partial charge in [0, 0.05) is 18.1 Å². The number of hydrogen-bond acceptors (Lipinski definition) is 5. The molecule has 2 aromatic rings. The molecule has 162 valence electrons. The number of sulfonamides is 1. The first-order valence-electron chi connectivity index (χ1n) is 9.32. The summed E-state index contributed by atoms with van der Waals surface area (Å²) < 4.78 is 37.4. The minimum Gasteiger partial charge on any atom is -0.482 e. The van der Waals surface area contributed by atoms with Crippen molar-refractivity contribution in [2.24, 2.45) is 0 Å². The van der Waals surface area contributed by atoms with Gasteiger partial charge in [0.1, 0.15) is 5.75 Å². The number of ether oxygens (including phenoxy) is 2. The van der Waals surface area contributed by atoms with Crippen LogP contribution in [0.15, 0.2) is 47.4 Å². The van der Waals surface area contributed by atoms with Crippen molar-refractivity contribution in [3.8, 4) is 5.75 Å². The molecule has 0 bridgehead atoms. The van der Waals surface area contributed by atoms with Gasteiger partial charge in [-0.25, -0.2) is 8.42 Å². The largest absolute Gasteiger partial charge is 0.482 e. The zero-order valence-corrected chi connectivity index (χ0v) is 18.6. The highest BCUT2D eigenvalue weighted by Crippen LogP contribution is 2.29. The van der Waals surface area contributed by atoms with Crippen molar-refractivity contribution in [3.63, 3.8) is 0 Å². The molecule has 1 heterocycles. The van der Waals surface area contributed by atoms with Crippen LogP contribution in [-0.4, -0.2) is 51.5 Å². The molecule has 7 nitrogen and oxygen atoms in total. The smallest absolute Gasteiger partial charge is 0.258 e. The third kappa shape index (κ3) is 5.65. The lowest BCUT2D eigenvalue weighted by Crippen LogP contribution is -2.40. The Morgan fingerprint density at radius 2 is 1.83 bits per heavy atom. The highest BCUT2D eigenvalue weighted by molar-refractivity contribution is 7.89. The SMILES string of the molecule is CC(NC(=O)COc1ccc(S(=O)(=O)N2CCOCC2)cc1Cl)c1ccc(Cl)cc1. The third-order valence-electron chi connectivity index (χ3n) is 4.62. The Morgan fingerprint density at radius 1 is 1.17 bits per heavy atom. The summed E-state index contributed by atoms with van der Waals surface area (Å²) in [6, 6.07) is 11.1. The summed E-state index contributed by atoms with van der Waals surface area (Å²) >= 11 is 12.1. The van der Waals surface area contributed by atoms with Gasteiger partial charge in [-0.2, -0.15) is 4.31 Å². The fraction of sp³-hybridized carbons (Fsp3) is 0.350. The topological polar surface area (TPSA) is 84.9 Å². The molecule has 1 amide bonds. The Hall–Kier alpha value is -1.84. The van der Waals surface area contributed by atoms with E-state index >= 15 is 0 Å². The Bertz CT molecular complexity index is 993. The zero-order chi connectivity index (χ0) is 21.7. The lowest BCUT2D eigenvalue weighted by atomic mass is 10.1. The Labute approximate surface area is 185 Å². The van der Waals surface area contributed by atoms with Crippen LogP contribution in [-0.2, 0) is 19.6 Å². The van der Waals surface area contributed by atoms with E-state index in [0.717, 1.165) is 5.56 Å². The maximum atomic E-state index is 12.7. The summed E-state index contributed by atoms with van der Waals surface area (Å²) in [4.78, 5) is 12.3. The minimum atomic E-state index is -3.66. The van der Waals surface area contributed by atoms with Gasteiger partial charge in [0.2, 0.25) is 10.0 Å². The molecule has 1 fully saturated rings. The Balaban J connectivity index is 1.59. The third-order valence-corrected chi connectivity index (χ3v) is 7.06. The van der Waals surface area contributed by atoms with Gasteiger partial charge in [-0.15, -0.1) is 0 Å². The average molecular weight is 473 g/mol. The van der Waals surface area contributed by atoms with Gasteiger partial charge in [0.15, 0.2) is 6.61 Å². The number of morpholine rings is 1. The second-order valence-corrected chi connectivity index (χ2v) is 9.52. The molecule has 1 aliphatic rings. The van der Waals surface area contributed by atoms with Crippen molar-refractivity contribution in [1.82, 2.24) is 9.62 Å². The van der Waals surface area contributed by atoms with E-state index < -0.39 is 10.0 Å². The van der Waals surface area contributed by atoms with Crippen LogP contribution in [0.25, 0.3) is 0 Å². The van der Waals surface area contributed by atoms with E-state index in [2.05, 4.69) is 5.32 Å². The molecule has 0 saturated carbocycles. The van der Waals surface area contributed by atoms with Crippen molar-refractivity contribution < 1.29 is 22.7 Å². The number of nitrogens with zero attached hydrogens (tertiary/aromatic N) is 1. The number of amides is 1. The minimum absolute atomic E-state index is 0.0718. The molecule has 1 N–H and O–H groups in total.